The van der Waals surface area contributed by atoms with Crippen LogP contribution in [0.1, 0.15) is 18.1 Å². The summed E-state index contributed by atoms with van der Waals surface area (Å²) in [6.45, 7) is 1.89. The molecule has 0 heterocycles. The van der Waals surface area contributed by atoms with Gasteiger partial charge >= 0.3 is 6.18 Å². The first-order chi connectivity index (χ1) is 7.34. The predicted molar refractivity (Wildman–Crippen MR) is 58.1 cm³/mol. The van der Waals surface area contributed by atoms with Gasteiger partial charge in [0.15, 0.2) is 0 Å². The molecule has 0 saturated carbocycles. The molecular weight excluding hydrogens is 217 g/mol. The molecule has 16 heavy (non-hydrogen) atoms. The van der Waals surface area contributed by atoms with Crippen molar-refractivity contribution in [1.82, 2.24) is 5.32 Å². The van der Waals surface area contributed by atoms with E-state index < -0.39 is 11.7 Å². The van der Waals surface area contributed by atoms with E-state index in [-0.39, 0.29) is 6.04 Å². The largest absolute Gasteiger partial charge is 0.416 e. The Balaban J connectivity index is 3.00. The molecule has 1 rings (SSSR count). The number of halogens is 3. The number of nitrogens with one attached hydrogen (secondary N) is 1. The standard InChI is InChI=1S/C11H15F3N2/c1-7(16-2)5-8-6-9(11(12,13)14)3-4-10(8)15/h3-4,6-7,16H,5,15H2,1-2H3. The lowest BCUT2D eigenvalue weighted by atomic mass is 10.0. The highest BCUT2D eigenvalue weighted by molar-refractivity contribution is 5.49. The van der Waals surface area contributed by atoms with Gasteiger partial charge in [0.25, 0.3) is 0 Å². The number of benzene rings is 1. The summed E-state index contributed by atoms with van der Waals surface area (Å²) in [5.74, 6) is 0. The lowest BCUT2D eigenvalue weighted by Crippen LogP contribution is -2.24. The smallest absolute Gasteiger partial charge is 0.399 e. The highest BCUT2D eigenvalue weighted by Gasteiger charge is 2.30. The number of rotatable bonds is 3. The molecule has 3 N–H and O–H groups in total. The summed E-state index contributed by atoms with van der Waals surface area (Å²) < 4.78 is 37.4. The minimum absolute atomic E-state index is 0.0887. The molecule has 1 aromatic rings. The maximum absolute atomic E-state index is 12.5. The van der Waals surface area contributed by atoms with Gasteiger partial charge in [0.1, 0.15) is 0 Å². The lowest BCUT2D eigenvalue weighted by molar-refractivity contribution is -0.137. The molecule has 0 saturated heterocycles. The molecule has 0 aliphatic rings. The average molecular weight is 232 g/mol. The highest BCUT2D eigenvalue weighted by atomic mass is 19.4. The summed E-state index contributed by atoms with van der Waals surface area (Å²) in [7, 11) is 1.76. The zero-order valence-corrected chi connectivity index (χ0v) is 9.23. The van der Waals surface area contributed by atoms with Crippen molar-refractivity contribution in [3.63, 3.8) is 0 Å². The molecule has 0 amide bonds. The van der Waals surface area contributed by atoms with Crippen LogP contribution in [0.4, 0.5) is 18.9 Å². The van der Waals surface area contributed by atoms with E-state index in [0.29, 0.717) is 17.7 Å². The van der Waals surface area contributed by atoms with E-state index in [4.69, 9.17) is 5.73 Å². The van der Waals surface area contributed by atoms with Crippen molar-refractivity contribution in [2.24, 2.45) is 0 Å². The molecule has 1 unspecified atom stereocenters. The van der Waals surface area contributed by atoms with Crippen LogP contribution in [0.15, 0.2) is 18.2 Å². The Hall–Kier alpha value is -1.23. The number of nitrogens with two attached hydrogens (primary N) is 1. The summed E-state index contributed by atoms with van der Waals surface area (Å²) in [5.41, 5.74) is 5.91. The van der Waals surface area contributed by atoms with E-state index >= 15 is 0 Å². The SMILES string of the molecule is CNC(C)Cc1cc(C(F)(F)F)ccc1N. The fourth-order valence-electron chi connectivity index (χ4n) is 1.39. The number of hydrogen-bond donors (Lipinski definition) is 2. The fourth-order valence-corrected chi connectivity index (χ4v) is 1.39. The van der Waals surface area contributed by atoms with Crippen molar-refractivity contribution in [2.75, 3.05) is 12.8 Å². The van der Waals surface area contributed by atoms with Gasteiger partial charge in [-0.15, -0.1) is 0 Å². The van der Waals surface area contributed by atoms with Gasteiger partial charge in [0, 0.05) is 11.7 Å². The minimum atomic E-state index is -4.31. The third kappa shape index (κ3) is 3.13. The Labute approximate surface area is 92.6 Å². The quantitative estimate of drug-likeness (QED) is 0.785. The number of hydrogen-bond acceptors (Lipinski definition) is 2. The van der Waals surface area contributed by atoms with E-state index in [9.17, 15) is 13.2 Å². The Kier molecular flexibility index (Phi) is 3.80. The van der Waals surface area contributed by atoms with Crippen molar-refractivity contribution < 1.29 is 13.2 Å². The zero-order chi connectivity index (χ0) is 12.3. The summed E-state index contributed by atoms with van der Waals surface area (Å²) in [6, 6.07) is 3.51. The Morgan fingerprint density at radius 3 is 2.50 bits per heavy atom. The molecule has 0 spiro atoms. The van der Waals surface area contributed by atoms with Gasteiger partial charge < -0.3 is 11.1 Å². The van der Waals surface area contributed by atoms with Crippen LogP contribution in [0.2, 0.25) is 0 Å². The third-order valence-electron chi connectivity index (χ3n) is 2.49. The number of anilines is 1. The first kappa shape index (κ1) is 12.8. The van der Waals surface area contributed by atoms with Crippen molar-refractivity contribution in [1.29, 1.82) is 0 Å². The van der Waals surface area contributed by atoms with Crippen molar-refractivity contribution >= 4 is 5.69 Å². The third-order valence-corrected chi connectivity index (χ3v) is 2.49. The van der Waals surface area contributed by atoms with Crippen molar-refractivity contribution in [3.05, 3.63) is 29.3 Å². The average Bonchev–Trinajstić information content (AvgIpc) is 2.19. The molecular formula is C11H15F3N2. The fraction of sp³-hybridized carbons (Fsp3) is 0.455. The van der Waals surface area contributed by atoms with Crippen molar-refractivity contribution in [3.8, 4) is 0 Å². The van der Waals surface area contributed by atoms with E-state index in [1.165, 1.54) is 6.07 Å². The molecule has 0 bridgehead atoms. The first-order valence-electron chi connectivity index (χ1n) is 4.97. The molecule has 1 aromatic carbocycles. The second kappa shape index (κ2) is 4.74. The molecule has 0 aliphatic heterocycles. The van der Waals surface area contributed by atoms with Crippen molar-refractivity contribution in [2.45, 2.75) is 25.6 Å². The maximum atomic E-state index is 12.5. The summed E-state index contributed by atoms with van der Waals surface area (Å²) in [5, 5.41) is 2.96. The molecule has 1 atom stereocenters. The van der Waals surface area contributed by atoms with Crippen LogP contribution >= 0.6 is 0 Å². The molecule has 5 heteroatoms. The second-order valence-corrected chi connectivity index (χ2v) is 3.81. The van der Waals surface area contributed by atoms with Crippen LogP contribution in [-0.4, -0.2) is 13.1 Å². The number of nitrogen functional groups attached to an aromatic ring is 1. The van der Waals surface area contributed by atoms with Gasteiger partial charge in [0.2, 0.25) is 0 Å². The number of likely N-dealkylation sites (N-methyl/N-ethyl adjacent to an activating group) is 1. The molecule has 90 valence electrons. The molecule has 0 radical (unpaired) electrons. The summed E-state index contributed by atoms with van der Waals surface area (Å²) in [4.78, 5) is 0. The van der Waals surface area contributed by atoms with E-state index in [1.54, 1.807) is 7.05 Å². The van der Waals surface area contributed by atoms with Crippen LogP contribution in [0.3, 0.4) is 0 Å². The second-order valence-electron chi connectivity index (χ2n) is 3.81. The van der Waals surface area contributed by atoms with Gasteiger partial charge in [-0.3, -0.25) is 0 Å². The Morgan fingerprint density at radius 2 is 2.00 bits per heavy atom. The van der Waals surface area contributed by atoms with Crippen LogP contribution < -0.4 is 11.1 Å². The molecule has 0 aromatic heterocycles. The topological polar surface area (TPSA) is 38.0 Å². The first-order valence-corrected chi connectivity index (χ1v) is 4.97. The maximum Gasteiger partial charge on any atom is 0.416 e. The normalized spacial score (nSPS) is 13.8. The summed E-state index contributed by atoms with van der Waals surface area (Å²) >= 11 is 0. The Bertz CT molecular complexity index is 361. The van der Waals surface area contributed by atoms with E-state index in [1.807, 2.05) is 6.92 Å². The van der Waals surface area contributed by atoms with Gasteiger partial charge in [-0.2, -0.15) is 13.2 Å². The minimum Gasteiger partial charge on any atom is -0.399 e. The van der Waals surface area contributed by atoms with Crippen LogP contribution in [0.5, 0.6) is 0 Å². The van der Waals surface area contributed by atoms with Gasteiger partial charge in [-0.1, -0.05) is 0 Å². The van der Waals surface area contributed by atoms with Crippen LogP contribution in [0, 0.1) is 0 Å². The number of alkyl halides is 3. The lowest BCUT2D eigenvalue weighted by Gasteiger charge is -2.14. The van der Waals surface area contributed by atoms with Gasteiger partial charge in [0.05, 0.1) is 5.56 Å². The predicted octanol–water partition coefficient (Wildman–Crippen LogP) is 2.44. The van der Waals surface area contributed by atoms with Gasteiger partial charge in [-0.25, -0.2) is 0 Å². The van der Waals surface area contributed by atoms with Crippen LogP contribution in [0.25, 0.3) is 0 Å². The van der Waals surface area contributed by atoms with E-state index in [0.717, 1.165) is 12.1 Å². The van der Waals surface area contributed by atoms with Gasteiger partial charge in [-0.05, 0) is 44.2 Å². The molecule has 0 fully saturated rings. The zero-order valence-electron chi connectivity index (χ0n) is 9.23. The van der Waals surface area contributed by atoms with Crippen LogP contribution in [-0.2, 0) is 12.6 Å². The molecule has 0 aliphatic carbocycles. The molecule has 2 nitrogen and oxygen atoms in total. The summed E-state index contributed by atoms with van der Waals surface area (Å²) in [6.07, 6.45) is -3.84. The highest BCUT2D eigenvalue weighted by Crippen LogP contribution is 2.31. The Morgan fingerprint density at radius 1 is 1.38 bits per heavy atom. The monoisotopic (exact) mass is 232 g/mol. The van der Waals surface area contributed by atoms with E-state index in [2.05, 4.69) is 5.32 Å².